The van der Waals surface area contributed by atoms with E-state index in [0.717, 1.165) is 19.5 Å². The molecule has 1 fully saturated rings. The van der Waals surface area contributed by atoms with Crippen LogP contribution in [0.15, 0.2) is 23.5 Å². The predicted octanol–water partition coefficient (Wildman–Crippen LogP) is 0.633. The summed E-state index contributed by atoms with van der Waals surface area (Å²) >= 11 is 0. The van der Waals surface area contributed by atoms with E-state index in [1.165, 1.54) is 0 Å². The fourth-order valence-corrected chi connectivity index (χ4v) is 3.95. The maximum Gasteiger partial charge on any atom is 0.191 e. The number of hydrogen-bond acceptors (Lipinski definition) is 4. The maximum absolute atomic E-state index is 11.5. The van der Waals surface area contributed by atoms with Crippen molar-refractivity contribution in [2.75, 3.05) is 24.6 Å². The third-order valence-electron chi connectivity index (χ3n) is 3.29. The van der Waals surface area contributed by atoms with Crippen LogP contribution in [0.1, 0.15) is 19.8 Å². The first-order valence-corrected chi connectivity index (χ1v) is 9.14. The Morgan fingerprint density at radius 1 is 1.50 bits per heavy atom. The molecule has 2 rings (SSSR count). The van der Waals surface area contributed by atoms with Crippen molar-refractivity contribution >= 4 is 39.8 Å². The van der Waals surface area contributed by atoms with E-state index in [1.807, 2.05) is 23.9 Å². The summed E-state index contributed by atoms with van der Waals surface area (Å²) in [6.45, 7) is 4.25. The molecule has 1 unspecified atom stereocenters. The highest BCUT2D eigenvalue weighted by atomic mass is 127. The molecule has 1 aliphatic heterocycles. The van der Waals surface area contributed by atoms with Gasteiger partial charge >= 0.3 is 0 Å². The molecular formula is C13H24IN5O2S. The van der Waals surface area contributed by atoms with Crippen molar-refractivity contribution < 1.29 is 8.42 Å². The Hall–Kier alpha value is -0.840. The van der Waals surface area contributed by atoms with Gasteiger partial charge in [-0.25, -0.2) is 8.42 Å². The normalized spacial score (nSPS) is 20.4. The van der Waals surface area contributed by atoms with Gasteiger partial charge in [0.1, 0.15) is 0 Å². The lowest BCUT2D eigenvalue weighted by atomic mass is 10.3. The maximum atomic E-state index is 11.5. The molecule has 1 saturated heterocycles. The van der Waals surface area contributed by atoms with E-state index in [9.17, 15) is 8.42 Å². The lowest BCUT2D eigenvalue weighted by Crippen LogP contribution is -2.44. The smallest absolute Gasteiger partial charge is 0.191 e. The molecule has 0 aromatic carbocycles. The molecule has 0 aliphatic carbocycles. The van der Waals surface area contributed by atoms with Gasteiger partial charge in [0.25, 0.3) is 0 Å². The number of aryl methyl sites for hydroxylation is 1. The third kappa shape index (κ3) is 6.51. The first-order valence-electron chi connectivity index (χ1n) is 7.32. The standard InChI is InChI=1S/C13H23N5O2S.HI/c1-2-14-13(17-12-5-10-21(19,20)11-12)15-6-3-8-18-9-4-7-16-18;/h4,7,9,12H,2-3,5-6,8,10-11H2,1H3,(H2,14,15,17);1H. The van der Waals surface area contributed by atoms with Crippen molar-refractivity contribution in [3.05, 3.63) is 18.5 Å². The van der Waals surface area contributed by atoms with Crippen LogP contribution in [-0.4, -0.2) is 54.8 Å². The summed E-state index contributed by atoms with van der Waals surface area (Å²) in [4.78, 5) is 4.48. The van der Waals surface area contributed by atoms with Gasteiger partial charge in [0, 0.05) is 38.1 Å². The number of hydrogen-bond donors (Lipinski definition) is 2. The number of nitrogens with zero attached hydrogens (tertiary/aromatic N) is 3. The van der Waals surface area contributed by atoms with E-state index in [0.29, 0.717) is 18.9 Å². The summed E-state index contributed by atoms with van der Waals surface area (Å²) in [6, 6.07) is 1.87. The number of aromatic nitrogens is 2. The van der Waals surface area contributed by atoms with Gasteiger partial charge in [0.2, 0.25) is 0 Å². The molecular weight excluding hydrogens is 417 g/mol. The largest absolute Gasteiger partial charge is 0.357 e. The van der Waals surface area contributed by atoms with E-state index >= 15 is 0 Å². The minimum absolute atomic E-state index is 0. The zero-order valence-electron chi connectivity index (χ0n) is 12.7. The lowest BCUT2D eigenvalue weighted by molar-refractivity contribution is 0.581. The van der Waals surface area contributed by atoms with E-state index in [1.54, 1.807) is 6.20 Å². The zero-order valence-corrected chi connectivity index (χ0v) is 15.9. The molecule has 1 aromatic heterocycles. The summed E-state index contributed by atoms with van der Waals surface area (Å²) in [7, 11) is -2.87. The highest BCUT2D eigenvalue weighted by Gasteiger charge is 2.28. The monoisotopic (exact) mass is 441 g/mol. The highest BCUT2D eigenvalue weighted by Crippen LogP contribution is 2.10. The fraction of sp³-hybridized carbons (Fsp3) is 0.692. The Labute approximate surface area is 148 Å². The molecule has 0 saturated carbocycles. The second kappa shape index (κ2) is 9.33. The van der Waals surface area contributed by atoms with Crippen LogP contribution in [0.3, 0.4) is 0 Å². The van der Waals surface area contributed by atoms with Gasteiger partial charge in [-0.05, 0) is 25.8 Å². The Kier molecular flexibility index (Phi) is 8.15. The van der Waals surface area contributed by atoms with Gasteiger partial charge in [-0.2, -0.15) is 5.10 Å². The molecule has 1 atom stereocenters. The van der Waals surface area contributed by atoms with Crippen LogP contribution in [0.5, 0.6) is 0 Å². The van der Waals surface area contributed by atoms with Crippen LogP contribution >= 0.6 is 24.0 Å². The Morgan fingerprint density at radius 2 is 2.32 bits per heavy atom. The van der Waals surface area contributed by atoms with Crippen molar-refractivity contribution in [1.82, 2.24) is 20.4 Å². The second-order valence-electron chi connectivity index (χ2n) is 5.13. The predicted molar refractivity (Wildman–Crippen MR) is 98.4 cm³/mol. The minimum atomic E-state index is -2.87. The third-order valence-corrected chi connectivity index (χ3v) is 5.06. The number of nitrogens with one attached hydrogen (secondary N) is 2. The van der Waals surface area contributed by atoms with Crippen molar-refractivity contribution in [3.63, 3.8) is 0 Å². The molecule has 0 bridgehead atoms. The summed E-state index contributed by atoms with van der Waals surface area (Å²) < 4.78 is 24.8. The zero-order chi connectivity index (χ0) is 15.1. The van der Waals surface area contributed by atoms with Gasteiger partial charge in [0.15, 0.2) is 15.8 Å². The Morgan fingerprint density at radius 3 is 2.91 bits per heavy atom. The SMILES string of the molecule is CCNC(=NCCCn1cccn1)NC1CCS(=O)(=O)C1.I. The Balaban J connectivity index is 0.00000242. The fourth-order valence-electron chi connectivity index (χ4n) is 2.28. The van der Waals surface area contributed by atoms with Crippen molar-refractivity contribution in [1.29, 1.82) is 0 Å². The molecule has 2 N–H and O–H groups in total. The van der Waals surface area contributed by atoms with Crippen LogP contribution in [0, 0.1) is 0 Å². The second-order valence-corrected chi connectivity index (χ2v) is 7.36. The van der Waals surface area contributed by atoms with Crippen molar-refractivity contribution in [2.45, 2.75) is 32.4 Å². The number of rotatable bonds is 6. The number of guanidine groups is 1. The van der Waals surface area contributed by atoms with Gasteiger partial charge in [-0.15, -0.1) is 24.0 Å². The lowest BCUT2D eigenvalue weighted by Gasteiger charge is -2.15. The molecule has 0 spiro atoms. The van der Waals surface area contributed by atoms with Crippen LogP contribution < -0.4 is 10.6 Å². The summed E-state index contributed by atoms with van der Waals surface area (Å²) in [5.74, 6) is 1.16. The van der Waals surface area contributed by atoms with Crippen LogP contribution in [0.4, 0.5) is 0 Å². The van der Waals surface area contributed by atoms with E-state index in [2.05, 4.69) is 20.7 Å². The minimum Gasteiger partial charge on any atom is -0.357 e. The summed E-state index contributed by atoms with van der Waals surface area (Å²) in [6.07, 6.45) is 5.23. The average Bonchev–Trinajstić information content (AvgIpc) is 3.04. The van der Waals surface area contributed by atoms with E-state index < -0.39 is 9.84 Å². The molecule has 0 amide bonds. The highest BCUT2D eigenvalue weighted by molar-refractivity contribution is 14.0. The quantitative estimate of drug-likeness (QED) is 0.293. The topological polar surface area (TPSA) is 88.4 Å². The molecule has 2 heterocycles. The first-order chi connectivity index (χ1) is 10.1. The molecule has 9 heteroatoms. The molecule has 1 aliphatic rings. The average molecular weight is 441 g/mol. The van der Waals surface area contributed by atoms with Crippen LogP contribution in [-0.2, 0) is 16.4 Å². The number of aliphatic imine (C=N–C) groups is 1. The number of halogens is 1. The Bertz CT molecular complexity index is 559. The molecule has 126 valence electrons. The van der Waals surface area contributed by atoms with E-state index in [4.69, 9.17) is 0 Å². The van der Waals surface area contributed by atoms with Gasteiger partial charge < -0.3 is 10.6 Å². The molecule has 1 aromatic rings. The molecule has 0 radical (unpaired) electrons. The summed E-state index contributed by atoms with van der Waals surface area (Å²) in [5.41, 5.74) is 0. The number of sulfone groups is 1. The van der Waals surface area contributed by atoms with Gasteiger partial charge in [-0.3, -0.25) is 9.67 Å². The van der Waals surface area contributed by atoms with Crippen molar-refractivity contribution in [3.8, 4) is 0 Å². The molecule has 22 heavy (non-hydrogen) atoms. The van der Waals surface area contributed by atoms with Crippen LogP contribution in [0.25, 0.3) is 0 Å². The summed E-state index contributed by atoms with van der Waals surface area (Å²) in [5, 5.41) is 10.5. The van der Waals surface area contributed by atoms with Crippen molar-refractivity contribution in [2.24, 2.45) is 4.99 Å². The molecule has 7 nitrogen and oxygen atoms in total. The first kappa shape index (κ1) is 19.2. The van der Waals surface area contributed by atoms with E-state index in [-0.39, 0.29) is 41.5 Å². The van der Waals surface area contributed by atoms with Gasteiger partial charge in [0.05, 0.1) is 11.5 Å². The van der Waals surface area contributed by atoms with Gasteiger partial charge in [-0.1, -0.05) is 0 Å². The van der Waals surface area contributed by atoms with Crippen LogP contribution in [0.2, 0.25) is 0 Å².